The molecule has 6 nitrogen and oxygen atoms in total. The summed E-state index contributed by atoms with van der Waals surface area (Å²) in [5.41, 5.74) is 2.81. The van der Waals surface area contributed by atoms with E-state index in [0.29, 0.717) is 24.1 Å². The Hall–Kier alpha value is -3.15. The molecule has 0 spiro atoms. The summed E-state index contributed by atoms with van der Waals surface area (Å²) in [5.74, 6) is -0.544. The third-order valence-electron chi connectivity index (χ3n) is 4.34. The maximum absolute atomic E-state index is 12.2. The van der Waals surface area contributed by atoms with Gasteiger partial charge in [0.1, 0.15) is 0 Å². The Bertz CT molecular complexity index is 795. The van der Waals surface area contributed by atoms with Crippen LogP contribution in [0.1, 0.15) is 39.6 Å². The second kappa shape index (κ2) is 7.82. The molecule has 0 aliphatic carbocycles. The number of nitrogens with one attached hydrogen (secondary N) is 2. The number of nitrogens with zero attached hydrogens (tertiary/aromatic N) is 1. The van der Waals surface area contributed by atoms with Crippen molar-refractivity contribution in [3.8, 4) is 0 Å². The molecule has 6 heteroatoms. The first-order valence-corrected chi connectivity index (χ1v) is 8.69. The number of hydrogen-bond donors (Lipinski definition) is 2. The van der Waals surface area contributed by atoms with Gasteiger partial charge >= 0.3 is 6.03 Å². The Morgan fingerprint density at radius 1 is 0.962 bits per heavy atom. The van der Waals surface area contributed by atoms with Gasteiger partial charge in [-0.3, -0.25) is 14.5 Å². The van der Waals surface area contributed by atoms with Crippen molar-refractivity contribution in [1.82, 2.24) is 10.2 Å². The highest BCUT2D eigenvalue weighted by molar-refractivity contribution is 6.21. The summed E-state index contributed by atoms with van der Waals surface area (Å²) in [7, 11) is 0. The zero-order valence-corrected chi connectivity index (χ0v) is 14.6. The van der Waals surface area contributed by atoms with Gasteiger partial charge in [-0.1, -0.05) is 31.2 Å². The van der Waals surface area contributed by atoms with E-state index in [1.54, 1.807) is 24.3 Å². The number of urea groups is 1. The quantitative estimate of drug-likeness (QED) is 0.620. The lowest BCUT2D eigenvalue weighted by molar-refractivity contribution is 0.0653. The molecule has 0 radical (unpaired) electrons. The molecule has 0 unspecified atom stereocenters. The smallest absolute Gasteiger partial charge is 0.319 e. The molecule has 0 fully saturated rings. The van der Waals surface area contributed by atoms with Crippen LogP contribution in [-0.2, 0) is 6.42 Å². The maximum Gasteiger partial charge on any atom is 0.319 e. The molecular formula is C20H21N3O3. The Kier molecular flexibility index (Phi) is 5.31. The number of rotatable bonds is 6. The third-order valence-corrected chi connectivity index (χ3v) is 4.34. The highest BCUT2D eigenvalue weighted by Crippen LogP contribution is 2.22. The van der Waals surface area contributed by atoms with E-state index in [1.807, 2.05) is 24.3 Å². The minimum Gasteiger partial charge on any atom is -0.338 e. The molecule has 2 N–H and O–H groups in total. The lowest BCUT2D eigenvalue weighted by Gasteiger charge is -2.14. The molecule has 26 heavy (non-hydrogen) atoms. The molecule has 0 saturated carbocycles. The topological polar surface area (TPSA) is 78.5 Å². The van der Waals surface area contributed by atoms with Crippen LogP contribution >= 0.6 is 0 Å². The fraction of sp³-hybridized carbons (Fsp3) is 0.250. The van der Waals surface area contributed by atoms with E-state index in [2.05, 4.69) is 17.6 Å². The lowest BCUT2D eigenvalue weighted by Crippen LogP contribution is -2.35. The van der Waals surface area contributed by atoms with Gasteiger partial charge in [0.15, 0.2) is 0 Å². The number of imide groups is 1. The predicted octanol–water partition coefficient (Wildman–Crippen LogP) is 3.06. The monoisotopic (exact) mass is 351 g/mol. The first-order valence-electron chi connectivity index (χ1n) is 8.69. The average molecular weight is 351 g/mol. The molecule has 0 atom stereocenters. The van der Waals surface area contributed by atoms with Gasteiger partial charge in [-0.15, -0.1) is 0 Å². The third kappa shape index (κ3) is 3.74. The first kappa shape index (κ1) is 17.7. The zero-order valence-electron chi connectivity index (χ0n) is 14.6. The van der Waals surface area contributed by atoms with E-state index >= 15 is 0 Å². The molecule has 2 aromatic carbocycles. The van der Waals surface area contributed by atoms with Gasteiger partial charge in [0.05, 0.1) is 11.1 Å². The van der Waals surface area contributed by atoms with Crippen LogP contribution in [0.3, 0.4) is 0 Å². The molecule has 134 valence electrons. The zero-order chi connectivity index (χ0) is 18.5. The predicted molar refractivity (Wildman–Crippen MR) is 99.3 cm³/mol. The second-order valence-corrected chi connectivity index (χ2v) is 6.09. The summed E-state index contributed by atoms with van der Waals surface area (Å²) < 4.78 is 0. The largest absolute Gasteiger partial charge is 0.338 e. The number of hydrogen-bond acceptors (Lipinski definition) is 3. The Balaban J connectivity index is 1.43. The number of amides is 4. The molecule has 0 aromatic heterocycles. The van der Waals surface area contributed by atoms with Crippen molar-refractivity contribution in [3.63, 3.8) is 0 Å². The van der Waals surface area contributed by atoms with Crippen LogP contribution in [0.25, 0.3) is 0 Å². The summed E-state index contributed by atoms with van der Waals surface area (Å²) in [5, 5.41) is 5.49. The molecule has 1 aliphatic heterocycles. The van der Waals surface area contributed by atoms with Gasteiger partial charge in [0.2, 0.25) is 0 Å². The molecule has 3 rings (SSSR count). The molecule has 2 aromatic rings. The van der Waals surface area contributed by atoms with Crippen LogP contribution in [0.2, 0.25) is 0 Å². The van der Waals surface area contributed by atoms with Crippen molar-refractivity contribution in [2.24, 2.45) is 0 Å². The van der Waals surface area contributed by atoms with Crippen molar-refractivity contribution < 1.29 is 14.4 Å². The van der Waals surface area contributed by atoms with Crippen LogP contribution in [0.15, 0.2) is 48.5 Å². The number of carbonyl (C=O) groups is 3. The number of benzene rings is 2. The molecule has 4 amide bonds. The fourth-order valence-electron chi connectivity index (χ4n) is 2.88. The molecule has 0 saturated heterocycles. The highest BCUT2D eigenvalue weighted by Gasteiger charge is 2.34. The normalized spacial score (nSPS) is 12.9. The van der Waals surface area contributed by atoms with Crippen LogP contribution in [0.5, 0.6) is 0 Å². The number of carbonyl (C=O) groups excluding carboxylic acids is 3. The van der Waals surface area contributed by atoms with Crippen LogP contribution in [0.4, 0.5) is 10.5 Å². The highest BCUT2D eigenvalue weighted by atomic mass is 16.2. The summed E-state index contributed by atoms with van der Waals surface area (Å²) in [6, 6.07) is 14.1. The number of fused-ring (bicyclic) bond motifs is 1. The van der Waals surface area contributed by atoms with Gasteiger partial charge in [0.25, 0.3) is 11.8 Å². The molecule has 1 aliphatic rings. The van der Waals surface area contributed by atoms with Crippen molar-refractivity contribution >= 4 is 23.5 Å². The fourth-order valence-corrected chi connectivity index (χ4v) is 2.88. The van der Waals surface area contributed by atoms with Gasteiger partial charge in [0, 0.05) is 18.8 Å². The van der Waals surface area contributed by atoms with Crippen molar-refractivity contribution in [2.45, 2.75) is 19.8 Å². The van der Waals surface area contributed by atoms with Crippen LogP contribution in [0, 0.1) is 0 Å². The average Bonchev–Trinajstić information content (AvgIpc) is 2.91. The molecule has 0 bridgehead atoms. The second-order valence-electron chi connectivity index (χ2n) is 6.09. The number of aryl methyl sites for hydroxylation is 1. The van der Waals surface area contributed by atoms with E-state index in [0.717, 1.165) is 12.1 Å². The van der Waals surface area contributed by atoms with E-state index in [1.165, 1.54) is 10.5 Å². The maximum atomic E-state index is 12.2. The standard InChI is InChI=1S/C20H21N3O3/c1-2-14-8-10-15(11-9-14)22-20(26)21-12-5-13-23-18(24)16-6-3-4-7-17(16)19(23)25/h3-4,6-11H,2,5,12-13H2,1H3,(H2,21,22,26). The van der Waals surface area contributed by atoms with Gasteiger partial charge < -0.3 is 10.6 Å². The van der Waals surface area contributed by atoms with E-state index in [-0.39, 0.29) is 24.4 Å². The van der Waals surface area contributed by atoms with E-state index in [9.17, 15) is 14.4 Å². The van der Waals surface area contributed by atoms with Crippen LogP contribution < -0.4 is 10.6 Å². The van der Waals surface area contributed by atoms with Gasteiger partial charge in [-0.05, 0) is 42.7 Å². The van der Waals surface area contributed by atoms with Crippen molar-refractivity contribution in [3.05, 3.63) is 65.2 Å². The summed E-state index contributed by atoms with van der Waals surface area (Å²) in [4.78, 5) is 37.6. The summed E-state index contributed by atoms with van der Waals surface area (Å²) in [6.07, 6.45) is 1.44. The van der Waals surface area contributed by atoms with E-state index in [4.69, 9.17) is 0 Å². The lowest BCUT2D eigenvalue weighted by atomic mass is 10.1. The van der Waals surface area contributed by atoms with Gasteiger partial charge in [-0.2, -0.15) is 0 Å². The minimum atomic E-state index is -0.309. The first-order chi connectivity index (χ1) is 12.6. The minimum absolute atomic E-state index is 0.272. The Morgan fingerprint density at radius 3 is 2.15 bits per heavy atom. The summed E-state index contributed by atoms with van der Waals surface area (Å²) in [6.45, 7) is 2.72. The van der Waals surface area contributed by atoms with Crippen molar-refractivity contribution in [2.75, 3.05) is 18.4 Å². The van der Waals surface area contributed by atoms with Crippen LogP contribution in [-0.4, -0.2) is 35.8 Å². The summed E-state index contributed by atoms with van der Waals surface area (Å²) >= 11 is 0. The van der Waals surface area contributed by atoms with E-state index < -0.39 is 0 Å². The van der Waals surface area contributed by atoms with Gasteiger partial charge in [-0.25, -0.2) is 4.79 Å². The van der Waals surface area contributed by atoms with Crippen molar-refractivity contribution in [1.29, 1.82) is 0 Å². The molecule has 1 heterocycles. The molecular weight excluding hydrogens is 330 g/mol. The Morgan fingerprint density at radius 2 is 1.58 bits per heavy atom. The SMILES string of the molecule is CCc1ccc(NC(=O)NCCCN2C(=O)c3ccccc3C2=O)cc1. The Labute approximate surface area is 152 Å². The number of anilines is 1.